The van der Waals surface area contributed by atoms with E-state index < -0.39 is 0 Å². The first-order chi connectivity index (χ1) is 8.63. The molecule has 0 aliphatic carbocycles. The number of hydrogen-bond donors (Lipinski definition) is 1. The normalized spacial score (nSPS) is 12.6. The largest absolute Gasteiger partial charge is 0.463 e. The van der Waals surface area contributed by atoms with E-state index in [0.29, 0.717) is 13.2 Å². The minimum absolute atomic E-state index is 0.0949. The van der Waals surface area contributed by atoms with Crippen LogP contribution in [0.5, 0.6) is 0 Å². The van der Waals surface area contributed by atoms with Crippen LogP contribution in [0, 0.1) is 5.82 Å². The van der Waals surface area contributed by atoms with E-state index in [9.17, 15) is 9.18 Å². The molecule has 0 aromatic heterocycles. The number of nitrogens with one attached hydrogen (secondary N) is 1. The summed E-state index contributed by atoms with van der Waals surface area (Å²) >= 11 is 0. The summed E-state index contributed by atoms with van der Waals surface area (Å²) in [6.45, 7) is 4.67. The molecular formula is C14H18FNO2. The summed E-state index contributed by atoms with van der Waals surface area (Å²) in [6.07, 6.45) is 3.10. The number of esters is 1. The molecule has 0 aliphatic heterocycles. The Morgan fingerprint density at radius 1 is 1.44 bits per heavy atom. The molecule has 0 heterocycles. The van der Waals surface area contributed by atoms with Gasteiger partial charge < -0.3 is 10.1 Å². The lowest BCUT2D eigenvalue weighted by atomic mass is 10.1. The highest BCUT2D eigenvalue weighted by atomic mass is 19.1. The molecule has 1 aromatic carbocycles. The molecule has 0 saturated carbocycles. The van der Waals surface area contributed by atoms with Crippen molar-refractivity contribution in [1.82, 2.24) is 5.32 Å². The van der Waals surface area contributed by atoms with Crippen molar-refractivity contribution in [3.8, 4) is 0 Å². The topological polar surface area (TPSA) is 38.3 Å². The highest BCUT2D eigenvalue weighted by molar-refractivity contribution is 5.81. The van der Waals surface area contributed by atoms with Gasteiger partial charge in [0, 0.05) is 18.7 Å². The van der Waals surface area contributed by atoms with Crippen LogP contribution in [-0.4, -0.2) is 19.1 Å². The van der Waals surface area contributed by atoms with Gasteiger partial charge >= 0.3 is 5.97 Å². The van der Waals surface area contributed by atoms with Gasteiger partial charge in [0.25, 0.3) is 0 Å². The number of ether oxygens (including phenoxy) is 1. The van der Waals surface area contributed by atoms with Crippen LogP contribution in [0.3, 0.4) is 0 Å². The standard InChI is InChI=1S/C14H18FNO2/c1-3-18-14(17)5-4-10-16-11(2)12-6-8-13(15)9-7-12/h4-9,11,16H,3,10H2,1-2H3/b5-4+/t11-/m0/s1. The average Bonchev–Trinajstić information content (AvgIpc) is 2.35. The molecule has 0 fully saturated rings. The number of hydrogen-bond acceptors (Lipinski definition) is 3. The Morgan fingerprint density at radius 3 is 2.72 bits per heavy atom. The highest BCUT2D eigenvalue weighted by Gasteiger charge is 2.03. The summed E-state index contributed by atoms with van der Waals surface area (Å²) in [7, 11) is 0. The second-order valence-corrected chi connectivity index (χ2v) is 3.84. The molecule has 0 saturated heterocycles. The first-order valence-electron chi connectivity index (χ1n) is 5.95. The van der Waals surface area contributed by atoms with Crippen molar-refractivity contribution in [3.05, 3.63) is 47.8 Å². The molecule has 1 aromatic rings. The zero-order valence-electron chi connectivity index (χ0n) is 10.7. The molecule has 1 atom stereocenters. The maximum Gasteiger partial charge on any atom is 0.330 e. The van der Waals surface area contributed by atoms with Crippen molar-refractivity contribution in [3.63, 3.8) is 0 Å². The highest BCUT2D eigenvalue weighted by Crippen LogP contribution is 2.12. The average molecular weight is 251 g/mol. The monoisotopic (exact) mass is 251 g/mol. The summed E-state index contributed by atoms with van der Waals surface area (Å²) in [5, 5.41) is 3.20. The van der Waals surface area contributed by atoms with E-state index in [1.807, 2.05) is 6.92 Å². The molecule has 98 valence electrons. The van der Waals surface area contributed by atoms with Crippen LogP contribution in [0.2, 0.25) is 0 Å². The fourth-order valence-electron chi connectivity index (χ4n) is 1.46. The Balaban J connectivity index is 2.35. The van der Waals surface area contributed by atoms with Gasteiger partial charge in [-0.15, -0.1) is 0 Å². The fourth-order valence-corrected chi connectivity index (χ4v) is 1.46. The minimum atomic E-state index is -0.339. The van der Waals surface area contributed by atoms with E-state index in [4.69, 9.17) is 4.74 Å². The van der Waals surface area contributed by atoms with Crippen LogP contribution in [0.15, 0.2) is 36.4 Å². The van der Waals surface area contributed by atoms with Crippen LogP contribution in [0.4, 0.5) is 4.39 Å². The molecular weight excluding hydrogens is 233 g/mol. The number of benzene rings is 1. The Bertz CT molecular complexity index is 401. The molecule has 0 unspecified atom stereocenters. The fraction of sp³-hybridized carbons (Fsp3) is 0.357. The molecule has 0 radical (unpaired) electrons. The summed E-state index contributed by atoms with van der Waals surface area (Å²) < 4.78 is 17.5. The van der Waals surface area contributed by atoms with Crippen LogP contribution in [0.1, 0.15) is 25.5 Å². The van der Waals surface area contributed by atoms with Gasteiger partial charge in [-0.25, -0.2) is 9.18 Å². The van der Waals surface area contributed by atoms with E-state index in [-0.39, 0.29) is 17.8 Å². The second-order valence-electron chi connectivity index (χ2n) is 3.84. The van der Waals surface area contributed by atoms with Crippen molar-refractivity contribution in [2.24, 2.45) is 0 Å². The lowest BCUT2D eigenvalue weighted by Gasteiger charge is -2.12. The predicted octanol–water partition coefficient (Wildman–Crippen LogP) is 2.60. The summed E-state index contributed by atoms with van der Waals surface area (Å²) in [5.41, 5.74) is 1.00. The predicted molar refractivity (Wildman–Crippen MR) is 68.6 cm³/mol. The number of halogens is 1. The minimum Gasteiger partial charge on any atom is -0.463 e. The first kappa shape index (κ1) is 14.4. The zero-order valence-corrected chi connectivity index (χ0v) is 10.7. The van der Waals surface area contributed by atoms with E-state index in [1.54, 1.807) is 25.1 Å². The lowest BCUT2D eigenvalue weighted by molar-refractivity contribution is -0.137. The molecule has 18 heavy (non-hydrogen) atoms. The quantitative estimate of drug-likeness (QED) is 0.624. The van der Waals surface area contributed by atoms with E-state index >= 15 is 0 Å². The molecule has 1 N–H and O–H groups in total. The van der Waals surface area contributed by atoms with Crippen LogP contribution < -0.4 is 5.32 Å². The van der Waals surface area contributed by atoms with E-state index in [0.717, 1.165) is 5.56 Å². The smallest absolute Gasteiger partial charge is 0.330 e. The van der Waals surface area contributed by atoms with E-state index in [1.165, 1.54) is 18.2 Å². The van der Waals surface area contributed by atoms with Gasteiger partial charge in [-0.1, -0.05) is 18.2 Å². The Labute approximate surface area is 107 Å². The number of carbonyl (C=O) groups excluding carboxylic acids is 1. The molecule has 0 bridgehead atoms. The van der Waals surface area contributed by atoms with Gasteiger partial charge in [-0.3, -0.25) is 0 Å². The summed E-state index contributed by atoms with van der Waals surface area (Å²) in [6, 6.07) is 6.44. The van der Waals surface area contributed by atoms with Gasteiger partial charge in [-0.05, 0) is 31.5 Å². The van der Waals surface area contributed by atoms with E-state index in [2.05, 4.69) is 5.32 Å². The van der Waals surface area contributed by atoms with Crippen molar-refractivity contribution in [2.75, 3.05) is 13.2 Å². The molecule has 0 aliphatic rings. The Kier molecular flexibility index (Phi) is 6.08. The van der Waals surface area contributed by atoms with Crippen molar-refractivity contribution in [1.29, 1.82) is 0 Å². The molecule has 1 rings (SSSR count). The molecule has 0 amide bonds. The molecule has 4 heteroatoms. The van der Waals surface area contributed by atoms with Gasteiger partial charge in [0.2, 0.25) is 0 Å². The van der Waals surface area contributed by atoms with Gasteiger partial charge in [0.15, 0.2) is 0 Å². The van der Waals surface area contributed by atoms with Crippen molar-refractivity contribution in [2.45, 2.75) is 19.9 Å². The van der Waals surface area contributed by atoms with Crippen LogP contribution in [-0.2, 0) is 9.53 Å². The third kappa shape index (κ3) is 5.10. The second kappa shape index (κ2) is 7.61. The number of rotatable bonds is 6. The zero-order chi connectivity index (χ0) is 13.4. The van der Waals surface area contributed by atoms with Crippen LogP contribution in [0.25, 0.3) is 0 Å². The van der Waals surface area contributed by atoms with Gasteiger partial charge in [0.05, 0.1) is 6.61 Å². The number of carbonyl (C=O) groups is 1. The SMILES string of the molecule is CCOC(=O)/C=C/CN[C@@H](C)c1ccc(F)cc1. The summed E-state index contributed by atoms with van der Waals surface area (Å²) in [5.74, 6) is -0.582. The third-order valence-electron chi connectivity index (χ3n) is 2.45. The molecule has 3 nitrogen and oxygen atoms in total. The van der Waals surface area contributed by atoms with Crippen molar-refractivity contribution >= 4 is 5.97 Å². The third-order valence-corrected chi connectivity index (χ3v) is 2.45. The maximum atomic E-state index is 12.7. The Hall–Kier alpha value is -1.68. The van der Waals surface area contributed by atoms with Crippen LogP contribution >= 0.6 is 0 Å². The Morgan fingerprint density at radius 2 is 2.11 bits per heavy atom. The van der Waals surface area contributed by atoms with Gasteiger partial charge in [0.1, 0.15) is 5.82 Å². The molecule has 0 spiro atoms. The van der Waals surface area contributed by atoms with Crippen molar-refractivity contribution < 1.29 is 13.9 Å². The lowest BCUT2D eigenvalue weighted by Crippen LogP contribution is -2.18. The summed E-state index contributed by atoms with van der Waals surface area (Å²) in [4.78, 5) is 11.0. The maximum absolute atomic E-state index is 12.7. The first-order valence-corrected chi connectivity index (χ1v) is 5.95. The van der Waals surface area contributed by atoms with Gasteiger partial charge in [-0.2, -0.15) is 0 Å².